The summed E-state index contributed by atoms with van der Waals surface area (Å²) in [5, 5.41) is 4.23. The summed E-state index contributed by atoms with van der Waals surface area (Å²) >= 11 is 1.45. The minimum absolute atomic E-state index is 0.0697. The first-order valence-electron chi connectivity index (χ1n) is 13.3. The number of nitrogens with zero attached hydrogens (tertiary/aromatic N) is 1. The number of aromatic amines is 1. The van der Waals surface area contributed by atoms with Crippen molar-refractivity contribution >= 4 is 46.2 Å². The highest BCUT2D eigenvalue weighted by molar-refractivity contribution is 8.04. The fraction of sp³-hybridized carbons (Fsp3) is 0.118. The Morgan fingerprint density at radius 2 is 1.77 bits per heavy atom. The van der Waals surface area contributed by atoms with Gasteiger partial charge in [0.2, 0.25) is 0 Å². The topological polar surface area (TPSA) is 65.2 Å². The van der Waals surface area contributed by atoms with Gasteiger partial charge in [0.25, 0.3) is 11.8 Å². The highest BCUT2D eigenvalue weighted by Gasteiger charge is 2.30. The van der Waals surface area contributed by atoms with Crippen LogP contribution in [0.1, 0.15) is 32.6 Å². The molecule has 1 aliphatic rings. The molecule has 2 heterocycles. The highest BCUT2D eigenvalue weighted by atomic mass is 32.2. The zero-order valence-corrected chi connectivity index (χ0v) is 23.0. The number of fused-ring (bicyclic) bond motifs is 2. The molecule has 198 valence electrons. The summed E-state index contributed by atoms with van der Waals surface area (Å²) in [5.41, 5.74) is 6.71. The first-order chi connectivity index (χ1) is 19.5. The van der Waals surface area contributed by atoms with Gasteiger partial charge in [0.1, 0.15) is 0 Å². The molecule has 0 aliphatic carbocycles. The molecule has 6 rings (SSSR count). The van der Waals surface area contributed by atoms with E-state index in [1.54, 1.807) is 4.90 Å². The third kappa shape index (κ3) is 5.44. The number of aryl methyl sites for hydroxylation is 1. The lowest BCUT2D eigenvalue weighted by Crippen LogP contribution is -2.34. The van der Waals surface area contributed by atoms with E-state index in [2.05, 4.69) is 22.4 Å². The molecule has 0 saturated heterocycles. The van der Waals surface area contributed by atoms with Crippen molar-refractivity contribution in [2.24, 2.45) is 0 Å². The zero-order chi connectivity index (χ0) is 27.5. The molecule has 1 aliphatic heterocycles. The lowest BCUT2D eigenvalue weighted by atomic mass is 10.1. The number of carbonyl (C=O) groups is 2. The number of nitrogens with one attached hydrogen (secondary N) is 2. The molecule has 0 unspecified atom stereocenters. The molecule has 6 heteroatoms. The number of thioether (sulfide) groups is 1. The molecular formula is C34H29N3O2S. The van der Waals surface area contributed by atoms with Crippen LogP contribution in [0.4, 0.5) is 5.69 Å². The minimum Gasteiger partial charge on any atom is -0.361 e. The molecule has 0 fully saturated rings. The summed E-state index contributed by atoms with van der Waals surface area (Å²) < 4.78 is 0. The Labute approximate surface area is 237 Å². The van der Waals surface area contributed by atoms with Gasteiger partial charge < -0.3 is 15.2 Å². The number of rotatable bonds is 7. The largest absolute Gasteiger partial charge is 0.361 e. The smallest absolute Gasteiger partial charge is 0.265 e. The molecule has 2 amide bonds. The predicted molar refractivity (Wildman–Crippen MR) is 163 cm³/mol. The number of aromatic nitrogens is 1. The van der Waals surface area contributed by atoms with E-state index in [1.807, 2.05) is 104 Å². The van der Waals surface area contributed by atoms with Gasteiger partial charge in [0.05, 0.1) is 17.1 Å². The maximum atomic E-state index is 13.8. The third-order valence-corrected chi connectivity index (χ3v) is 8.14. The van der Waals surface area contributed by atoms with Crippen LogP contribution in [-0.2, 0) is 17.8 Å². The van der Waals surface area contributed by atoms with Crippen LogP contribution in [0, 0.1) is 6.92 Å². The molecule has 0 spiro atoms. The lowest BCUT2D eigenvalue weighted by Gasteiger charge is -2.31. The van der Waals surface area contributed by atoms with E-state index in [0.29, 0.717) is 23.6 Å². The van der Waals surface area contributed by atoms with Gasteiger partial charge in [0, 0.05) is 34.1 Å². The molecule has 2 N–H and O–H groups in total. The van der Waals surface area contributed by atoms with Gasteiger partial charge in [-0.15, -0.1) is 0 Å². The molecule has 5 nitrogen and oxygen atoms in total. The minimum atomic E-state index is -0.152. The first-order valence-corrected chi connectivity index (χ1v) is 14.2. The van der Waals surface area contributed by atoms with Gasteiger partial charge >= 0.3 is 0 Å². The number of amides is 2. The lowest BCUT2D eigenvalue weighted by molar-refractivity contribution is -0.114. The van der Waals surface area contributed by atoms with Gasteiger partial charge in [-0.05, 0) is 60.4 Å². The Morgan fingerprint density at radius 1 is 0.950 bits per heavy atom. The molecule has 0 saturated carbocycles. The van der Waals surface area contributed by atoms with Crippen LogP contribution in [0.15, 0.2) is 113 Å². The second-order valence-electron chi connectivity index (χ2n) is 9.95. The monoisotopic (exact) mass is 543 g/mol. The van der Waals surface area contributed by atoms with Crippen molar-refractivity contribution in [3.05, 3.63) is 136 Å². The Kier molecular flexibility index (Phi) is 7.25. The molecule has 1 aromatic heterocycles. The number of para-hydroxylation sites is 1. The van der Waals surface area contributed by atoms with E-state index >= 15 is 0 Å². The van der Waals surface area contributed by atoms with Crippen molar-refractivity contribution in [3.63, 3.8) is 0 Å². The van der Waals surface area contributed by atoms with Gasteiger partial charge in [-0.3, -0.25) is 9.59 Å². The Balaban J connectivity index is 1.26. The number of benzene rings is 4. The zero-order valence-electron chi connectivity index (χ0n) is 22.2. The van der Waals surface area contributed by atoms with Crippen molar-refractivity contribution in [2.45, 2.75) is 24.8 Å². The van der Waals surface area contributed by atoms with Crippen molar-refractivity contribution in [1.29, 1.82) is 0 Å². The van der Waals surface area contributed by atoms with Crippen molar-refractivity contribution in [1.82, 2.24) is 10.3 Å². The Hall–Kier alpha value is -4.55. The van der Waals surface area contributed by atoms with E-state index < -0.39 is 0 Å². The summed E-state index contributed by atoms with van der Waals surface area (Å²) in [6, 6.07) is 31.8. The van der Waals surface area contributed by atoms with Crippen LogP contribution in [0.2, 0.25) is 0 Å². The van der Waals surface area contributed by atoms with E-state index in [-0.39, 0.29) is 11.8 Å². The number of carbonyl (C=O) groups excluding carboxylic acids is 2. The molecule has 5 aromatic rings. The van der Waals surface area contributed by atoms with E-state index in [4.69, 9.17) is 0 Å². The maximum Gasteiger partial charge on any atom is 0.265 e. The van der Waals surface area contributed by atoms with E-state index in [1.165, 1.54) is 22.7 Å². The number of anilines is 1. The van der Waals surface area contributed by atoms with E-state index in [0.717, 1.165) is 39.2 Å². The van der Waals surface area contributed by atoms with Crippen LogP contribution in [0.3, 0.4) is 0 Å². The molecule has 0 bridgehead atoms. The average molecular weight is 544 g/mol. The number of H-pyrrole nitrogens is 1. The fourth-order valence-corrected chi connectivity index (χ4v) is 6.09. The van der Waals surface area contributed by atoms with Crippen LogP contribution >= 0.6 is 11.8 Å². The van der Waals surface area contributed by atoms with Gasteiger partial charge in [0.15, 0.2) is 0 Å². The van der Waals surface area contributed by atoms with Gasteiger partial charge in [-0.25, -0.2) is 0 Å². The second-order valence-corrected chi connectivity index (χ2v) is 11.0. The molecular weight excluding hydrogens is 514 g/mol. The Morgan fingerprint density at radius 3 is 2.62 bits per heavy atom. The molecule has 4 aromatic carbocycles. The van der Waals surface area contributed by atoms with Gasteiger partial charge in [-0.2, -0.15) is 0 Å². The summed E-state index contributed by atoms with van der Waals surface area (Å²) in [6.45, 7) is 2.99. The van der Waals surface area contributed by atoms with Crippen molar-refractivity contribution in [2.75, 3.05) is 11.4 Å². The quantitative estimate of drug-likeness (QED) is 0.215. The standard InChI is InChI=1S/C34H29N3O2S/c1-23-8-7-11-25(18-23)22-37-30-20-26(33(38)35-17-16-27-21-36-29-13-6-5-12-28(27)29)14-15-31(30)40-32(34(37)39)19-24-9-3-2-4-10-24/h2-15,18-21,36H,16-17,22H2,1H3,(H,35,38)/b32-19-. The summed E-state index contributed by atoms with van der Waals surface area (Å²) in [7, 11) is 0. The predicted octanol–water partition coefficient (Wildman–Crippen LogP) is 7.13. The Bertz CT molecular complexity index is 1740. The molecule has 40 heavy (non-hydrogen) atoms. The average Bonchev–Trinajstić information content (AvgIpc) is 3.38. The molecule has 0 radical (unpaired) electrons. The SMILES string of the molecule is Cc1cccc(CN2C(=O)/C(=C/c3ccccc3)Sc3ccc(C(=O)NCCc4c[nH]c5ccccc45)cc32)c1. The summed E-state index contributed by atoms with van der Waals surface area (Å²) in [5.74, 6) is -0.221. The third-order valence-electron chi connectivity index (χ3n) is 7.06. The van der Waals surface area contributed by atoms with Gasteiger partial charge in [-0.1, -0.05) is 90.1 Å². The maximum absolute atomic E-state index is 13.8. The number of hydrogen-bond donors (Lipinski definition) is 2. The second kappa shape index (κ2) is 11.3. The van der Waals surface area contributed by atoms with Crippen molar-refractivity contribution < 1.29 is 9.59 Å². The number of hydrogen-bond acceptors (Lipinski definition) is 3. The van der Waals surface area contributed by atoms with Crippen LogP contribution < -0.4 is 10.2 Å². The van der Waals surface area contributed by atoms with Crippen LogP contribution in [0.5, 0.6) is 0 Å². The van der Waals surface area contributed by atoms with Crippen LogP contribution in [0.25, 0.3) is 17.0 Å². The molecule has 0 atom stereocenters. The summed E-state index contributed by atoms with van der Waals surface area (Å²) in [4.78, 5) is 33.7. The van der Waals surface area contributed by atoms with Crippen molar-refractivity contribution in [3.8, 4) is 0 Å². The summed E-state index contributed by atoms with van der Waals surface area (Å²) in [6.07, 6.45) is 4.66. The van der Waals surface area contributed by atoms with E-state index in [9.17, 15) is 9.59 Å². The first kappa shape index (κ1) is 25.7. The van der Waals surface area contributed by atoms with Crippen LogP contribution in [-0.4, -0.2) is 23.3 Å². The fourth-order valence-electron chi connectivity index (χ4n) is 5.05. The normalized spacial score (nSPS) is 14.0. The highest BCUT2D eigenvalue weighted by Crippen LogP contribution is 2.43.